The number of ether oxygens (including phenoxy) is 2. The van der Waals surface area contributed by atoms with Crippen molar-refractivity contribution in [2.45, 2.75) is 45.3 Å². The molecule has 0 aromatic heterocycles. The van der Waals surface area contributed by atoms with E-state index in [-0.39, 0.29) is 12.8 Å². The van der Waals surface area contributed by atoms with E-state index in [1.54, 1.807) is 20.8 Å². The fourth-order valence-corrected chi connectivity index (χ4v) is 0.967. The molecule has 5 nitrogen and oxygen atoms in total. The minimum absolute atomic E-state index is 0.0202. The van der Waals surface area contributed by atoms with Gasteiger partial charge in [0.05, 0.1) is 20.0 Å². The molecule has 0 amide bonds. The molecule has 0 saturated carbocycles. The van der Waals surface area contributed by atoms with Crippen molar-refractivity contribution in [3.63, 3.8) is 0 Å². The molecule has 5 heteroatoms. The highest BCUT2D eigenvalue weighted by molar-refractivity contribution is 5.74. The highest BCUT2D eigenvalue weighted by Crippen LogP contribution is 2.09. The van der Waals surface area contributed by atoms with Crippen LogP contribution in [-0.2, 0) is 19.1 Å². The SMILES string of the molecule is COC(=O)C[C@@H](N)CC(=O)OC(C)(C)C. The first-order valence-corrected chi connectivity index (χ1v) is 4.79. The van der Waals surface area contributed by atoms with Gasteiger partial charge >= 0.3 is 11.9 Å². The zero-order valence-corrected chi connectivity index (χ0v) is 9.70. The quantitative estimate of drug-likeness (QED) is 0.698. The summed E-state index contributed by atoms with van der Waals surface area (Å²) in [6.45, 7) is 5.32. The van der Waals surface area contributed by atoms with Crippen LogP contribution >= 0.6 is 0 Å². The van der Waals surface area contributed by atoms with Crippen LogP contribution in [0.4, 0.5) is 0 Å². The molecule has 88 valence electrons. The molecule has 0 aliphatic heterocycles. The monoisotopic (exact) mass is 217 g/mol. The summed E-state index contributed by atoms with van der Waals surface area (Å²) in [5, 5.41) is 0. The summed E-state index contributed by atoms with van der Waals surface area (Å²) in [4.78, 5) is 22.1. The van der Waals surface area contributed by atoms with Crippen LogP contribution in [0.25, 0.3) is 0 Å². The summed E-state index contributed by atoms with van der Waals surface area (Å²) in [6, 6.07) is -0.549. The summed E-state index contributed by atoms with van der Waals surface area (Å²) in [6.07, 6.45) is 0.0438. The molecule has 2 N–H and O–H groups in total. The summed E-state index contributed by atoms with van der Waals surface area (Å²) >= 11 is 0. The molecule has 0 heterocycles. The van der Waals surface area contributed by atoms with Gasteiger partial charge in [-0.05, 0) is 20.8 Å². The van der Waals surface area contributed by atoms with Gasteiger partial charge in [0.1, 0.15) is 5.60 Å². The average molecular weight is 217 g/mol. The van der Waals surface area contributed by atoms with Crippen molar-refractivity contribution < 1.29 is 19.1 Å². The molecule has 0 bridgehead atoms. The molecule has 0 aliphatic rings. The van der Waals surface area contributed by atoms with E-state index in [4.69, 9.17) is 10.5 Å². The molecule has 0 saturated heterocycles. The molecule has 0 aliphatic carbocycles. The molecule has 0 rings (SSSR count). The number of esters is 2. The lowest BCUT2D eigenvalue weighted by atomic mass is 10.1. The van der Waals surface area contributed by atoms with Gasteiger partial charge < -0.3 is 15.2 Å². The summed E-state index contributed by atoms with van der Waals surface area (Å²) < 4.78 is 9.48. The Morgan fingerprint density at radius 3 is 2.07 bits per heavy atom. The summed E-state index contributed by atoms with van der Waals surface area (Å²) in [7, 11) is 1.28. The van der Waals surface area contributed by atoms with Gasteiger partial charge in [-0.3, -0.25) is 9.59 Å². The van der Waals surface area contributed by atoms with Crippen LogP contribution in [0.5, 0.6) is 0 Å². The van der Waals surface area contributed by atoms with Crippen molar-refractivity contribution in [1.29, 1.82) is 0 Å². The second-order valence-electron chi connectivity index (χ2n) is 4.33. The second kappa shape index (κ2) is 5.70. The number of hydrogen-bond donors (Lipinski definition) is 1. The van der Waals surface area contributed by atoms with Crippen LogP contribution in [-0.4, -0.2) is 30.7 Å². The minimum atomic E-state index is -0.549. The van der Waals surface area contributed by atoms with E-state index in [1.807, 2.05) is 0 Å². The van der Waals surface area contributed by atoms with Crippen molar-refractivity contribution in [2.75, 3.05) is 7.11 Å². The molecule has 0 fully saturated rings. The van der Waals surface area contributed by atoms with Gasteiger partial charge in [0.2, 0.25) is 0 Å². The lowest BCUT2D eigenvalue weighted by Gasteiger charge is -2.20. The van der Waals surface area contributed by atoms with Crippen LogP contribution in [0, 0.1) is 0 Å². The first kappa shape index (κ1) is 13.9. The molecular formula is C10H19NO4. The molecule has 0 aromatic rings. The fraction of sp³-hybridized carbons (Fsp3) is 0.800. The normalized spacial score (nSPS) is 13.1. The lowest BCUT2D eigenvalue weighted by Crippen LogP contribution is -2.31. The summed E-state index contributed by atoms with van der Waals surface area (Å²) in [5.74, 6) is -0.829. The van der Waals surface area contributed by atoms with E-state index >= 15 is 0 Å². The molecule has 15 heavy (non-hydrogen) atoms. The second-order valence-corrected chi connectivity index (χ2v) is 4.33. The lowest BCUT2D eigenvalue weighted by molar-refractivity contribution is -0.155. The zero-order chi connectivity index (χ0) is 12.1. The van der Waals surface area contributed by atoms with Crippen molar-refractivity contribution in [1.82, 2.24) is 0 Å². The first-order chi connectivity index (χ1) is 6.74. The number of carbonyl (C=O) groups is 2. The highest BCUT2D eigenvalue weighted by Gasteiger charge is 2.20. The predicted octanol–water partition coefficient (Wildman–Crippen LogP) is 0.609. The largest absolute Gasteiger partial charge is 0.469 e. The Bertz CT molecular complexity index is 232. The Labute approximate surface area is 89.9 Å². The standard InChI is InChI=1S/C10H19NO4/c1-10(2,3)15-9(13)6-7(11)5-8(12)14-4/h7H,5-6,11H2,1-4H3/t7-/m1/s1. The molecule has 0 spiro atoms. The maximum absolute atomic E-state index is 11.3. The van der Waals surface area contributed by atoms with E-state index in [0.29, 0.717) is 0 Å². The maximum atomic E-state index is 11.3. The fourth-order valence-electron chi connectivity index (χ4n) is 0.967. The number of rotatable bonds is 4. The van der Waals surface area contributed by atoms with Crippen LogP contribution in [0.15, 0.2) is 0 Å². The first-order valence-electron chi connectivity index (χ1n) is 4.79. The van der Waals surface area contributed by atoms with Crippen molar-refractivity contribution in [3.8, 4) is 0 Å². The Balaban J connectivity index is 3.92. The molecular weight excluding hydrogens is 198 g/mol. The summed E-state index contributed by atoms with van der Waals surface area (Å²) in [5.41, 5.74) is 5.04. The van der Waals surface area contributed by atoms with Crippen molar-refractivity contribution in [2.24, 2.45) is 5.73 Å². The number of nitrogens with two attached hydrogens (primary N) is 1. The number of methoxy groups -OCH3 is 1. The molecule has 0 radical (unpaired) electrons. The van der Waals surface area contributed by atoms with Gasteiger partial charge in [-0.2, -0.15) is 0 Å². The van der Waals surface area contributed by atoms with Gasteiger partial charge in [-0.1, -0.05) is 0 Å². The van der Waals surface area contributed by atoms with E-state index in [2.05, 4.69) is 4.74 Å². The van der Waals surface area contributed by atoms with E-state index in [9.17, 15) is 9.59 Å². The topological polar surface area (TPSA) is 78.6 Å². The Morgan fingerprint density at radius 2 is 1.67 bits per heavy atom. The van der Waals surface area contributed by atoms with Crippen molar-refractivity contribution in [3.05, 3.63) is 0 Å². The molecule has 1 atom stereocenters. The highest BCUT2D eigenvalue weighted by atomic mass is 16.6. The molecule has 0 unspecified atom stereocenters. The van der Waals surface area contributed by atoms with E-state index < -0.39 is 23.6 Å². The molecule has 0 aromatic carbocycles. The Kier molecular flexibility index (Phi) is 5.28. The third-order valence-electron chi connectivity index (χ3n) is 1.51. The number of carbonyl (C=O) groups excluding carboxylic acids is 2. The Morgan fingerprint density at radius 1 is 1.20 bits per heavy atom. The minimum Gasteiger partial charge on any atom is -0.469 e. The smallest absolute Gasteiger partial charge is 0.307 e. The van der Waals surface area contributed by atoms with Gasteiger partial charge in [0, 0.05) is 6.04 Å². The van der Waals surface area contributed by atoms with Gasteiger partial charge in [0.15, 0.2) is 0 Å². The van der Waals surface area contributed by atoms with Crippen LogP contribution in [0.3, 0.4) is 0 Å². The predicted molar refractivity (Wildman–Crippen MR) is 55.1 cm³/mol. The van der Waals surface area contributed by atoms with Gasteiger partial charge in [0.25, 0.3) is 0 Å². The number of hydrogen-bond acceptors (Lipinski definition) is 5. The Hall–Kier alpha value is -1.10. The zero-order valence-electron chi connectivity index (χ0n) is 9.70. The van der Waals surface area contributed by atoms with Crippen LogP contribution in [0.2, 0.25) is 0 Å². The van der Waals surface area contributed by atoms with Gasteiger partial charge in [-0.25, -0.2) is 0 Å². The maximum Gasteiger partial charge on any atom is 0.307 e. The average Bonchev–Trinajstić information content (AvgIpc) is 1.99. The van der Waals surface area contributed by atoms with Crippen molar-refractivity contribution >= 4 is 11.9 Å². The van der Waals surface area contributed by atoms with Crippen LogP contribution < -0.4 is 5.73 Å². The van der Waals surface area contributed by atoms with Crippen LogP contribution in [0.1, 0.15) is 33.6 Å². The van der Waals surface area contributed by atoms with E-state index in [1.165, 1.54) is 7.11 Å². The van der Waals surface area contributed by atoms with E-state index in [0.717, 1.165) is 0 Å². The third kappa shape index (κ3) is 7.93. The third-order valence-corrected chi connectivity index (χ3v) is 1.51. The van der Waals surface area contributed by atoms with Gasteiger partial charge in [-0.15, -0.1) is 0 Å².